The first-order chi connectivity index (χ1) is 25.8. The fraction of sp³-hybridized carbons (Fsp3) is 0.786. The molecule has 0 aromatic heterocycles. The number of esters is 1. The third-order valence-electron chi connectivity index (χ3n) is 11.7. The molecule has 0 aromatic rings. The second-order valence-electron chi connectivity index (χ2n) is 16.4. The number of aliphatic hydroxyl groups is 4. The number of fused-ring (bicyclic) bond motifs is 2. The number of cyclic esters (lactones) is 1. The SMILES string of the molecule is CCC(=O)C(CC)C(O)C(C)CC(C)C1OC(=O)CC2(O)CC=C(C)C(O2)C(C)=CCCCC(OC2CC(OC(N)=O)C(O)C(C)O2)C=CC(C)C(O)C1C. The molecule has 0 aromatic carbocycles. The van der Waals surface area contributed by atoms with E-state index in [0.29, 0.717) is 38.5 Å². The number of hydrogen-bond donors (Lipinski definition) is 5. The summed E-state index contributed by atoms with van der Waals surface area (Å²) in [6, 6.07) is 0. The van der Waals surface area contributed by atoms with Crippen LogP contribution >= 0.6 is 0 Å². The summed E-state index contributed by atoms with van der Waals surface area (Å²) in [7, 11) is 0. The van der Waals surface area contributed by atoms with Gasteiger partial charge in [0.2, 0.25) is 0 Å². The second-order valence-corrected chi connectivity index (χ2v) is 16.4. The predicted octanol–water partition coefficient (Wildman–Crippen LogP) is 5.41. The predicted molar refractivity (Wildman–Crippen MR) is 206 cm³/mol. The van der Waals surface area contributed by atoms with E-state index in [1.54, 1.807) is 13.8 Å². The molecule has 13 heteroatoms. The van der Waals surface area contributed by atoms with Crippen molar-refractivity contribution in [2.75, 3.05) is 0 Å². The molecular formula is C42H69NO12. The number of carbonyl (C=O) groups is 3. The molecule has 3 heterocycles. The van der Waals surface area contributed by atoms with Crippen LogP contribution in [0.25, 0.3) is 0 Å². The van der Waals surface area contributed by atoms with Crippen LogP contribution in [0.5, 0.6) is 0 Å². The van der Waals surface area contributed by atoms with Crippen molar-refractivity contribution in [2.24, 2.45) is 35.3 Å². The lowest BCUT2D eigenvalue weighted by atomic mass is 9.77. The molecule has 6 N–H and O–H groups in total. The maximum Gasteiger partial charge on any atom is 0.404 e. The van der Waals surface area contributed by atoms with Gasteiger partial charge in [-0.3, -0.25) is 9.59 Å². The largest absolute Gasteiger partial charge is 0.462 e. The van der Waals surface area contributed by atoms with Crippen LogP contribution in [0.3, 0.4) is 0 Å². The van der Waals surface area contributed by atoms with E-state index in [0.717, 1.165) is 11.1 Å². The Kier molecular flexibility index (Phi) is 18.0. The molecule has 314 valence electrons. The molecule has 15 unspecified atom stereocenters. The van der Waals surface area contributed by atoms with Crippen molar-refractivity contribution in [3.05, 3.63) is 35.5 Å². The quantitative estimate of drug-likeness (QED) is 0.132. The fourth-order valence-electron chi connectivity index (χ4n) is 8.30. The van der Waals surface area contributed by atoms with E-state index in [1.165, 1.54) is 0 Å². The van der Waals surface area contributed by atoms with Gasteiger partial charge in [0, 0.05) is 37.0 Å². The van der Waals surface area contributed by atoms with Crippen molar-refractivity contribution in [3.8, 4) is 0 Å². The van der Waals surface area contributed by atoms with Crippen LogP contribution in [-0.4, -0.2) is 99.2 Å². The van der Waals surface area contributed by atoms with Crippen LogP contribution in [0.15, 0.2) is 35.5 Å². The van der Waals surface area contributed by atoms with E-state index >= 15 is 0 Å². The van der Waals surface area contributed by atoms with Gasteiger partial charge in [-0.25, -0.2) is 4.79 Å². The summed E-state index contributed by atoms with van der Waals surface area (Å²) in [5.41, 5.74) is 7.06. The third-order valence-corrected chi connectivity index (χ3v) is 11.7. The van der Waals surface area contributed by atoms with Gasteiger partial charge in [0.1, 0.15) is 30.2 Å². The van der Waals surface area contributed by atoms with E-state index in [2.05, 4.69) is 0 Å². The van der Waals surface area contributed by atoms with E-state index < -0.39 is 97.1 Å². The minimum absolute atomic E-state index is 0.00168. The first kappa shape index (κ1) is 46.7. The Bertz CT molecular complexity index is 1370. The van der Waals surface area contributed by atoms with Crippen LogP contribution in [0, 0.1) is 29.6 Å². The zero-order chi connectivity index (χ0) is 41.2. The van der Waals surface area contributed by atoms with Crippen LogP contribution in [0.2, 0.25) is 0 Å². The highest BCUT2D eigenvalue weighted by Crippen LogP contribution is 2.36. The number of hydrogen-bond acceptors (Lipinski definition) is 12. The Morgan fingerprint density at radius 3 is 2.36 bits per heavy atom. The van der Waals surface area contributed by atoms with Gasteiger partial charge in [-0.2, -0.15) is 0 Å². The summed E-state index contributed by atoms with van der Waals surface area (Å²) in [4.78, 5) is 37.8. The van der Waals surface area contributed by atoms with Gasteiger partial charge in [0.15, 0.2) is 12.1 Å². The van der Waals surface area contributed by atoms with Gasteiger partial charge in [0.05, 0.1) is 30.8 Å². The number of nitrogens with two attached hydrogens (primary N) is 1. The summed E-state index contributed by atoms with van der Waals surface area (Å²) in [6.07, 6.45) is 2.42. The molecule has 55 heavy (non-hydrogen) atoms. The Morgan fingerprint density at radius 2 is 1.73 bits per heavy atom. The van der Waals surface area contributed by atoms with Crippen molar-refractivity contribution < 1.29 is 58.5 Å². The van der Waals surface area contributed by atoms with E-state index in [1.807, 2.05) is 72.8 Å². The molecule has 0 radical (unpaired) electrons. The van der Waals surface area contributed by atoms with Crippen LogP contribution < -0.4 is 5.73 Å². The number of ether oxygens (including phenoxy) is 5. The standard InChI is InChI=1S/C42H69NO12/c1-10-31(32(44)11-2)37(47)26(6)20-27(7)40-28(8)36(46)23(3)16-17-30(52-35-21-33(53-41(43)49)38(48)29(9)51-35)15-13-12-14-24(4)39-25(5)18-19-42(50,55-39)22-34(45)54-40/h14,16-18,23,26-31,33,35-40,46-48,50H,10-13,15,19-22H2,1-9H3,(H2,43,49). The average Bonchev–Trinajstić information content (AvgIpc) is 3.12. The normalized spacial score (nSPS) is 36.5. The topological polar surface area (TPSA) is 204 Å². The van der Waals surface area contributed by atoms with Crippen molar-refractivity contribution in [1.82, 2.24) is 0 Å². The number of allylic oxidation sites excluding steroid dienone is 1. The minimum atomic E-state index is -1.80. The summed E-state index contributed by atoms with van der Waals surface area (Å²) >= 11 is 0. The average molecular weight is 780 g/mol. The number of carbonyl (C=O) groups excluding carboxylic acids is 3. The molecule has 3 aliphatic heterocycles. The molecule has 1 saturated heterocycles. The van der Waals surface area contributed by atoms with E-state index in [9.17, 15) is 34.8 Å². The van der Waals surface area contributed by atoms with Crippen molar-refractivity contribution in [1.29, 1.82) is 0 Å². The lowest BCUT2D eigenvalue weighted by Gasteiger charge is -2.39. The minimum Gasteiger partial charge on any atom is -0.462 e. The van der Waals surface area contributed by atoms with Crippen LogP contribution in [0.1, 0.15) is 120 Å². The van der Waals surface area contributed by atoms with Gasteiger partial charge >= 0.3 is 12.1 Å². The second kappa shape index (κ2) is 21.2. The smallest absolute Gasteiger partial charge is 0.404 e. The monoisotopic (exact) mass is 779 g/mol. The van der Waals surface area contributed by atoms with Crippen LogP contribution in [0.4, 0.5) is 4.79 Å². The molecule has 13 nitrogen and oxygen atoms in total. The lowest BCUT2D eigenvalue weighted by Crippen LogP contribution is -2.50. The number of aliphatic hydroxyl groups excluding tert-OH is 3. The first-order valence-corrected chi connectivity index (χ1v) is 20.3. The fourth-order valence-corrected chi connectivity index (χ4v) is 8.30. The molecule has 0 saturated carbocycles. The number of rotatable bonds is 11. The summed E-state index contributed by atoms with van der Waals surface area (Å²) in [5, 5.41) is 45.1. The molecule has 15 atom stereocenters. The van der Waals surface area contributed by atoms with Gasteiger partial charge in [-0.1, -0.05) is 65.8 Å². The summed E-state index contributed by atoms with van der Waals surface area (Å²) in [6.45, 7) is 16.6. The molecule has 1 fully saturated rings. The maximum absolute atomic E-state index is 13.7. The molecule has 0 spiro atoms. The Labute approximate surface area is 327 Å². The molecule has 3 aliphatic rings. The number of ketones is 1. The van der Waals surface area contributed by atoms with Gasteiger partial charge < -0.3 is 49.8 Å². The molecule has 0 aliphatic carbocycles. The Hall–Kier alpha value is -2.65. The number of Topliss-reactive ketones (excluding diaryl/α,β-unsaturated/α-hetero) is 1. The molecule has 3 rings (SSSR count). The highest BCUT2D eigenvalue weighted by atomic mass is 16.7. The van der Waals surface area contributed by atoms with Gasteiger partial charge in [0.25, 0.3) is 0 Å². The Balaban J connectivity index is 1.95. The van der Waals surface area contributed by atoms with Crippen molar-refractivity contribution >= 4 is 17.8 Å². The van der Waals surface area contributed by atoms with Gasteiger partial charge in [-0.15, -0.1) is 0 Å². The maximum atomic E-state index is 13.7. The van der Waals surface area contributed by atoms with Crippen molar-refractivity contribution in [2.45, 2.75) is 181 Å². The highest BCUT2D eigenvalue weighted by Gasteiger charge is 2.42. The Morgan fingerprint density at radius 1 is 1.05 bits per heavy atom. The molecular weight excluding hydrogens is 710 g/mol. The molecule has 1 amide bonds. The van der Waals surface area contributed by atoms with Crippen molar-refractivity contribution in [3.63, 3.8) is 0 Å². The van der Waals surface area contributed by atoms with E-state index in [-0.39, 0.29) is 30.5 Å². The zero-order valence-corrected chi connectivity index (χ0v) is 34.4. The number of primary amides is 1. The lowest BCUT2D eigenvalue weighted by molar-refractivity contribution is -0.254. The highest BCUT2D eigenvalue weighted by molar-refractivity contribution is 5.81. The third kappa shape index (κ3) is 13.2. The first-order valence-electron chi connectivity index (χ1n) is 20.3. The van der Waals surface area contributed by atoms with Crippen LogP contribution in [-0.2, 0) is 33.3 Å². The molecule has 2 bridgehead atoms. The summed E-state index contributed by atoms with van der Waals surface area (Å²) in [5.74, 6) is -4.64. The van der Waals surface area contributed by atoms with E-state index in [4.69, 9.17) is 29.4 Å². The zero-order valence-electron chi connectivity index (χ0n) is 34.4. The van der Waals surface area contributed by atoms with Gasteiger partial charge in [-0.05, 0) is 75.9 Å². The summed E-state index contributed by atoms with van der Waals surface area (Å²) < 4.78 is 29.8. The number of amides is 1.